The van der Waals surface area contributed by atoms with Crippen LogP contribution in [0.4, 0.5) is 0 Å². The molecule has 1 aromatic carbocycles. The number of benzene rings is 1. The molecule has 0 heterocycles. The minimum Gasteiger partial charge on any atom is -0.0355 e. The molecule has 0 bridgehead atoms. The number of thiocarbonyl (C=S) groups is 1. The van der Waals surface area contributed by atoms with Gasteiger partial charge < -0.3 is 0 Å². The molecular weight excluding hydrogens is 116 g/mol. The van der Waals surface area contributed by atoms with Crippen LogP contribution < -0.4 is 0 Å². The van der Waals surface area contributed by atoms with Gasteiger partial charge in [-0.3, -0.25) is 0 Å². The lowest BCUT2D eigenvalue weighted by molar-refractivity contribution is 1.69. The molecule has 0 aliphatic carbocycles. The quantitative estimate of drug-likeness (QED) is 0.404. The summed E-state index contributed by atoms with van der Waals surface area (Å²) in [6.45, 7) is 0. The van der Waals surface area contributed by atoms with Gasteiger partial charge in [0.1, 0.15) is 5.37 Å². The fourth-order valence-corrected chi connectivity index (χ4v) is 0.642. The molecule has 0 radical (unpaired) electrons. The topological polar surface area (TPSA) is 0 Å². The van der Waals surface area contributed by atoms with Crippen molar-refractivity contribution in [2.45, 2.75) is 0 Å². The van der Waals surface area contributed by atoms with E-state index in [9.17, 15) is 0 Å². The Kier molecular flexibility index (Phi) is 1.68. The van der Waals surface area contributed by atoms with Crippen molar-refractivity contribution in [3.63, 3.8) is 0 Å². The van der Waals surface area contributed by atoms with Gasteiger partial charge in [0, 0.05) is 0 Å². The molecule has 1 heteroatoms. The highest BCUT2D eigenvalue weighted by Crippen LogP contribution is 1.92. The monoisotopic (exact) mass is 121 g/mol. The standard InChI is InChI=1S/C7H5S/c8-6-7-4-2-1-3-5-7/h1-5H/q+1. The molecule has 0 nitrogen and oxygen atoms in total. The minimum absolute atomic E-state index is 0.975. The summed E-state index contributed by atoms with van der Waals surface area (Å²) < 4.78 is 0. The van der Waals surface area contributed by atoms with E-state index in [1.807, 2.05) is 30.3 Å². The van der Waals surface area contributed by atoms with Crippen LogP contribution in [0, 0.1) is 0 Å². The summed E-state index contributed by atoms with van der Waals surface area (Å²) in [7, 11) is 0. The van der Waals surface area contributed by atoms with Gasteiger partial charge in [0.15, 0.2) is 0 Å². The Balaban J connectivity index is 2.99. The molecular formula is C7H5S+. The van der Waals surface area contributed by atoms with Gasteiger partial charge in [0.25, 0.3) is 0 Å². The Morgan fingerprint density at radius 3 is 2.12 bits per heavy atom. The van der Waals surface area contributed by atoms with E-state index < -0.39 is 0 Å². The predicted molar refractivity (Wildman–Crippen MR) is 38.1 cm³/mol. The summed E-state index contributed by atoms with van der Waals surface area (Å²) in [5.41, 5.74) is 0.975. The van der Waals surface area contributed by atoms with E-state index in [2.05, 4.69) is 17.6 Å². The normalized spacial score (nSPS) is 8.00. The van der Waals surface area contributed by atoms with Gasteiger partial charge in [-0.25, -0.2) is 0 Å². The highest BCUT2D eigenvalue weighted by molar-refractivity contribution is 7.79. The van der Waals surface area contributed by atoms with Gasteiger partial charge in [-0.2, -0.15) is 0 Å². The van der Waals surface area contributed by atoms with Crippen LogP contribution in [0.15, 0.2) is 30.3 Å². The highest BCUT2D eigenvalue weighted by atomic mass is 32.1. The third-order valence-electron chi connectivity index (χ3n) is 0.892. The Morgan fingerprint density at radius 1 is 1.12 bits per heavy atom. The number of hydrogen-bond acceptors (Lipinski definition) is 1. The van der Waals surface area contributed by atoms with Crippen molar-refractivity contribution >= 4 is 17.6 Å². The largest absolute Gasteiger partial charge is 0.201 e. The Bertz CT molecular complexity index is 167. The van der Waals surface area contributed by atoms with Crippen molar-refractivity contribution in [3.05, 3.63) is 35.9 Å². The van der Waals surface area contributed by atoms with Gasteiger partial charge in [-0.1, -0.05) is 0 Å². The lowest BCUT2D eigenvalue weighted by atomic mass is 10.2. The van der Waals surface area contributed by atoms with E-state index >= 15 is 0 Å². The summed E-state index contributed by atoms with van der Waals surface area (Å²) >= 11 is 4.57. The number of hydrogen-bond donors (Lipinski definition) is 0. The second-order valence-electron chi connectivity index (χ2n) is 1.47. The molecule has 0 aliphatic rings. The van der Waals surface area contributed by atoms with Crippen LogP contribution in [0.1, 0.15) is 5.56 Å². The molecule has 0 saturated heterocycles. The molecule has 0 aromatic heterocycles. The average molecular weight is 121 g/mol. The molecule has 0 amide bonds. The number of rotatable bonds is 1. The minimum atomic E-state index is 0.975. The molecule has 0 aliphatic heterocycles. The smallest absolute Gasteiger partial charge is 0.0355 e. The zero-order valence-corrected chi connectivity index (χ0v) is 5.11. The SMILES string of the molecule is S=[C+]c1ccccc1. The van der Waals surface area contributed by atoms with Crippen molar-refractivity contribution in [1.29, 1.82) is 0 Å². The Morgan fingerprint density at radius 2 is 1.75 bits per heavy atom. The molecule has 0 N–H and O–H groups in total. The average Bonchev–Trinajstić information content (AvgIpc) is 1.90. The molecule has 38 valence electrons. The summed E-state index contributed by atoms with van der Waals surface area (Å²) in [5.74, 6) is 0. The predicted octanol–water partition coefficient (Wildman–Crippen LogP) is 1.91. The van der Waals surface area contributed by atoms with Crippen LogP contribution in [0.5, 0.6) is 0 Å². The van der Waals surface area contributed by atoms with E-state index in [0.29, 0.717) is 0 Å². The first kappa shape index (κ1) is 5.36. The maximum Gasteiger partial charge on any atom is 0.201 e. The van der Waals surface area contributed by atoms with Crippen molar-refractivity contribution in [2.75, 3.05) is 0 Å². The van der Waals surface area contributed by atoms with Crippen molar-refractivity contribution in [1.82, 2.24) is 0 Å². The molecule has 0 saturated carbocycles. The second kappa shape index (κ2) is 2.51. The lowest BCUT2D eigenvalue weighted by Gasteiger charge is -1.71. The highest BCUT2D eigenvalue weighted by Gasteiger charge is 1.90. The second-order valence-corrected chi connectivity index (χ2v) is 1.67. The third-order valence-corrected chi connectivity index (χ3v) is 1.13. The van der Waals surface area contributed by atoms with Crippen molar-refractivity contribution in [3.8, 4) is 0 Å². The van der Waals surface area contributed by atoms with Gasteiger partial charge in [0.2, 0.25) is 5.56 Å². The zero-order chi connectivity index (χ0) is 5.82. The Hall–Kier alpha value is -0.780. The summed E-state index contributed by atoms with van der Waals surface area (Å²) in [6.07, 6.45) is 0. The summed E-state index contributed by atoms with van der Waals surface area (Å²) in [4.78, 5) is 0. The van der Waals surface area contributed by atoms with Crippen molar-refractivity contribution in [2.24, 2.45) is 0 Å². The molecule has 0 atom stereocenters. The van der Waals surface area contributed by atoms with Crippen LogP contribution in [-0.2, 0) is 0 Å². The van der Waals surface area contributed by atoms with E-state index in [1.54, 1.807) is 0 Å². The maximum atomic E-state index is 4.57. The Labute approximate surface area is 54.2 Å². The zero-order valence-electron chi connectivity index (χ0n) is 4.29. The molecule has 1 aromatic rings. The van der Waals surface area contributed by atoms with E-state index in [1.165, 1.54) is 0 Å². The van der Waals surface area contributed by atoms with Gasteiger partial charge >= 0.3 is 0 Å². The lowest BCUT2D eigenvalue weighted by Crippen LogP contribution is -1.71. The van der Waals surface area contributed by atoms with Gasteiger partial charge in [-0.15, -0.1) is 0 Å². The molecule has 1 rings (SSSR count). The van der Waals surface area contributed by atoms with Crippen LogP contribution in [0.25, 0.3) is 0 Å². The first-order chi connectivity index (χ1) is 3.93. The van der Waals surface area contributed by atoms with E-state index in [4.69, 9.17) is 0 Å². The third kappa shape index (κ3) is 1.09. The van der Waals surface area contributed by atoms with Crippen molar-refractivity contribution < 1.29 is 0 Å². The summed E-state index contributed by atoms with van der Waals surface area (Å²) in [5, 5.41) is 2.61. The molecule has 8 heavy (non-hydrogen) atoms. The van der Waals surface area contributed by atoms with Crippen LogP contribution in [0.3, 0.4) is 0 Å². The fraction of sp³-hybridized carbons (Fsp3) is 0. The molecule has 0 spiro atoms. The molecule has 0 unspecified atom stereocenters. The van der Waals surface area contributed by atoms with E-state index in [-0.39, 0.29) is 0 Å². The summed E-state index contributed by atoms with van der Waals surface area (Å²) in [6, 6.07) is 9.68. The van der Waals surface area contributed by atoms with Gasteiger partial charge in [0.05, 0.1) is 24.4 Å². The molecule has 0 fully saturated rings. The van der Waals surface area contributed by atoms with Crippen LogP contribution >= 0.6 is 12.2 Å². The fourth-order valence-electron chi connectivity index (χ4n) is 0.506. The van der Waals surface area contributed by atoms with E-state index in [0.717, 1.165) is 5.56 Å². The first-order valence-electron chi connectivity index (χ1n) is 2.36. The van der Waals surface area contributed by atoms with Crippen LogP contribution in [0.2, 0.25) is 0 Å². The van der Waals surface area contributed by atoms with Gasteiger partial charge in [-0.05, 0) is 18.2 Å². The van der Waals surface area contributed by atoms with Crippen LogP contribution in [-0.4, -0.2) is 5.37 Å². The first-order valence-corrected chi connectivity index (χ1v) is 2.77. The maximum absolute atomic E-state index is 4.57.